The van der Waals surface area contributed by atoms with Gasteiger partial charge >= 0.3 is 0 Å². The largest absolute Gasteiger partial charge is 0.359 e. The van der Waals surface area contributed by atoms with E-state index in [1.54, 1.807) is 37.5 Å². The molecule has 1 amide bonds. The highest BCUT2D eigenvalue weighted by Crippen LogP contribution is 2.37. The van der Waals surface area contributed by atoms with Crippen molar-refractivity contribution in [1.29, 1.82) is 0 Å². The molecule has 1 aliphatic heterocycles. The number of aromatic nitrogens is 2. The fraction of sp³-hybridized carbons (Fsp3) is 0.375. The molecule has 2 unspecified atom stereocenters. The van der Waals surface area contributed by atoms with Crippen molar-refractivity contribution >= 4 is 17.9 Å². The number of nitrogens with one attached hydrogen (secondary N) is 1. The second-order valence-corrected chi connectivity index (χ2v) is 6.81. The van der Waals surface area contributed by atoms with E-state index in [1.807, 2.05) is 17.8 Å². The average Bonchev–Trinajstić information content (AvgIpc) is 3.14. The topological polar surface area (TPSA) is 50.2 Å². The number of nitrogens with zero attached hydrogens (tertiary/aromatic N) is 3. The van der Waals surface area contributed by atoms with Crippen LogP contribution in [0.4, 0.5) is 4.39 Å². The standard InChI is InChI=1S/C16H19FN4OS/c1-18-16(22)14-8-21(23-15-9-20(2)10-19-15)7-13(14)11-3-5-12(17)6-4-11/h3-6,9-10,13-14H,7-8H2,1-2H3,(H,18,22). The van der Waals surface area contributed by atoms with Crippen LogP contribution in [0.1, 0.15) is 11.5 Å². The van der Waals surface area contributed by atoms with E-state index in [1.165, 1.54) is 12.1 Å². The molecule has 1 saturated heterocycles. The molecule has 0 aliphatic carbocycles. The summed E-state index contributed by atoms with van der Waals surface area (Å²) in [6, 6.07) is 6.44. The highest BCUT2D eigenvalue weighted by molar-refractivity contribution is 7.97. The Hall–Kier alpha value is -1.86. The maximum atomic E-state index is 13.2. The molecule has 0 radical (unpaired) electrons. The summed E-state index contributed by atoms with van der Waals surface area (Å²) in [6.07, 6.45) is 3.71. The first-order valence-electron chi connectivity index (χ1n) is 7.44. The van der Waals surface area contributed by atoms with Crippen molar-refractivity contribution in [2.24, 2.45) is 13.0 Å². The van der Waals surface area contributed by atoms with Crippen molar-refractivity contribution in [1.82, 2.24) is 19.2 Å². The third-order valence-electron chi connectivity index (χ3n) is 4.07. The highest BCUT2D eigenvalue weighted by Gasteiger charge is 2.38. The van der Waals surface area contributed by atoms with Crippen molar-refractivity contribution < 1.29 is 9.18 Å². The Balaban J connectivity index is 1.78. The zero-order valence-corrected chi connectivity index (χ0v) is 13.9. The second kappa shape index (κ2) is 6.72. The number of benzene rings is 1. The van der Waals surface area contributed by atoms with Gasteiger partial charge in [-0.3, -0.25) is 4.79 Å². The molecule has 23 heavy (non-hydrogen) atoms. The Labute approximate surface area is 139 Å². The molecular formula is C16H19FN4OS. The van der Waals surface area contributed by atoms with E-state index in [4.69, 9.17) is 0 Å². The third kappa shape index (κ3) is 3.56. The smallest absolute Gasteiger partial charge is 0.224 e. The van der Waals surface area contributed by atoms with Crippen LogP contribution < -0.4 is 5.32 Å². The lowest BCUT2D eigenvalue weighted by Gasteiger charge is -2.17. The van der Waals surface area contributed by atoms with Gasteiger partial charge in [0.05, 0.1) is 12.2 Å². The molecule has 1 aliphatic rings. The molecule has 1 N–H and O–H groups in total. The Kier molecular flexibility index (Phi) is 4.68. The van der Waals surface area contributed by atoms with Gasteiger partial charge in [-0.2, -0.15) is 0 Å². The number of hydrogen-bond acceptors (Lipinski definition) is 4. The minimum atomic E-state index is -0.261. The number of carbonyl (C=O) groups is 1. The molecule has 3 rings (SSSR count). The number of amides is 1. The van der Waals surface area contributed by atoms with Crippen molar-refractivity contribution in [3.8, 4) is 0 Å². The quantitative estimate of drug-likeness (QED) is 0.869. The summed E-state index contributed by atoms with van der Waals surface area (Å²) in [6.45, 7) is 1.37. The molecule has 2 heterocycles. The maximum absolute atomic E-state index is 13.2. The van der Waals surface area contributed by atoms with E-state index in [2.05, 4.69) is 14.6 Å². The summed E-state index contributed by atoms with van der Waals surface area (Å²) < 4.78 is 17.2. The van der Waals surface area contributed by atoms with Gasteiger partial charge < -0.3 is 9.88 Å². The van der Waals surface area contributed by atoms with Crippen LogP contribution in [0.25, 0.3) is 0 Å². The van der Waals surface area contributed by atoms with Gasteiger partial charge in [0.15, 0.2) is 0 Å². The molecule has 122 valence electrons. The van der Waals surface area contributed by atoms with Crippen LogP contribution >= 0.6 is 11.9 Å². The lowest BCUT2D eigenvalue weighted by molar-refractivity contribution is -0.124. The van der Waals surface area contributed by atoms with Crippen LogP contribution in [-0.4, -0.2) is 39.9 Å². The Morgan fingerprint density at radius 3 is 2.70 bits per heavy atom. The molecule has 7 heteroatoms. The number of aryl methyl sites for hydroxylation is 1. The summed E-state index contributed by atoms with van der Waals surface area (Å²) in [4.78, 5) is 16.5. The van der Waals surface area contributed by atoms with Gasteiger partial charge in [-0.15, -0.1) is 0 Å². The van der Waals surface area contributed by atoms with E-state index in [0.717, 1.165) is 17.1 Å². The van der Waals surface area contributed by atoms with Gasteiger partial charge in [-0.05, 0) is 29.6 Å². The number of rotatable bonds is 4. The number of carbonyl (C=O) groups excluding carboxylic acids is 1. The fourth-order valence-corrected chi connectivity index (χ4v) is 3.95. The van der Waals surface area contributed by atoms with Crippen molar-refractivity contribution in [3.63, 3.8) is 0 Å². The van der Waals surface area contributed by atoms with E-state index in [0.29, 0.717) is 6.54 Å². The SMILES string of the molecule is CNC(=O)C1CN(Sc2cn(C)cn2)CC1c1ccc(F)cc1. The van der Waals surface area contributed by atoms with Crippen LogP contribution in [-0.2, 0) is 11.8 Å². The average molecular weight is 334 g/mol. The highest BCUT2D eigenvalue weighted by atomic mass is 32.2. The normalized spacial score (nSPS) is 21.5. The van der Waals surface area contributed by atoms with Gasteiger partial charge in [-0.25, -0.2) is 13.7 Å². The van der Waals surface area contributed by atoms with Gasteiger partial charge in [0, 0.05) is 39.3 Å². The molecule has 2 atom stereocenters. The predicted molar refractivity (Wildman–Crippen MR) is 87.3 cm³/mol. The van der Waals surface area contributed by atoms with Crippen LogP contribution in [0, 0.1) is 11.7 Å². The summed E-state index contributed by atoms with van der Waals surface area (Å²) in [5.74, 6) is -0.347. The summed E-state index contributed by atoms with van der Waals surface area (Å²) in [5.41, 5.74) is 0.990. The molecule has 1 aromatic carbocycles. The first-order valence-corrected chi connectivity index (χ1v) is 8.22. The number of hydrogen-bond donors (Lipinski definition) is 1. The molecular weight excluding hydrogens is 315 g/mol. The van der Waals surface area contributed by atoms with Crippen LogP contribution in [0.5, 0.6) is 0 Å². The number of imidazole rings is 1. The first-order chi connectivity index (χ1) is 11.1. The molecule has 0 spiro atoms. The lowest BCUT2D eigenvalue weighted by Crippen LogP contribution is -2.31. The minimum absolute atomic E-state index is 0.0171. The summed E-state index contributed by atoms with van der Waals surface area (Å²) in [7, 11) is 3.58. The van der Waals surface area contributed by atoms with Crippen molar-refractivity contribution in [2.45, 2.75) is 10.9 Å². The van der Waals surface area contributed by atoms with E-state index >= 15 is 0 Å². The summed E-state index contributed by atoms with van der Waals surface area (Å²) >= 11 is 1.55. The Morgan fingerprint density at radius 1 is 1.35 bits per heavy atom. The second-order valence-electron chi connectivity index (χ2n) is 5.69. The first kappa shape index (κ1) is 16.0. The van der Waals surface area contributed by atoms with Crippen LogP contribution in [0.3, 0.4) is 0 Å². The zero-order valence-electron chi connectivity index (χ0n) is 13.1. The van der Waals surface area contributed by atoms with E-state index < -0.39 is 0 Å². The van der Waals surface area contributed by atoms with Crippen molar-refractivity contribution in [3.05, 3.63) is 48.2 Å². The lowest BCUT2D eigenvalue weighted by atomic mass is 9.88. The Morgan fingerprint density at radius 2 is 2.09 bits per heavy atom. The maximum Gasteiger partial charge on any atom is 0.224 e. The molecule has 0 saturated carbocycles. The van der Waals surface area contributed by atoms with Crippen LogP contribution in [0.15, 0.2) is 41.8 Å². The minimum Gasteiger partial charge on any atom is -0.359 e. The summed E-state index contributed by atoms with van der Waals surface area (Å²) in [5, 5.41) is 3.64. The molecule has 1 fully saturated rings. The van der Waals surface area contributed by atoms with Crippen LogP contribution in [0.2, 0.25) is 0 Å². The van der Waals surface area contributed by atoms with Crippen molar-refractivity contribution in [2.75, 3.05) is 20.1 Å². The van der Waals surface area contributed by atoms with Gasteiger partial charge in [-0.1, -0.05) is 12.1 Å². The monoisotopic (exact) mass is 334 g/mol. The predicted octanol–water partition coefficient (Wildman–Crippen LogP) is 2.03. The molecule has 0 bridgehead atoms. The van der Waals surface area contributed by atoms with Gasteiger partial charge in [0.1, 0.15) is 10.8 Å². The third-order valence-corrected chi connectivity index (χ3v) is 5.03. The Bertz CT molecular complexity index is 688. The van der Waals surface area contributed by atoms with E-state index in [-0.39, 0.29) is 23.6 Å². The van der Waals surface area contributed by atoms with Gasteiger partial charge in [0.25, 0.3) is 0 Å². The van der Waals surface area contributed by atoms with E-state index in [9.17, 15) is 9.18 Å². The number of halogens is 1. The fourth-order valence-electron chi connectivity index (χ4n) is 2.91. The molecule has 2 aromatic rings. The molecule has 1 aromatic heterocycles. The van der Waals surface area contributed by atoms with Gasteiger partial charge in [0.2, 0.25) is 5.91 Å². The zero-order chi connectivity index (χ0) is 16.4. The molecule has 5 nitrogen and oxygen atoms in total.